The van der Waals surface area contributed by atoms with E-state index in [9.17, 15) is 9.59 Å². The molecular formula is C22H24N2O2. The Morgan fingerprint density at radius 3 is 2.54 bits per heavy atom. The second kappa shape index (κ2) is 7.32. The first-order valence-corrected chi connectivity index (χ1v) is 9.49. The molecule has 0 saturated heterocycles. The summed E-state index contributed by atoms with van der Waals surface area (Å²) in [6.45, 7) is 1.10. The molecule has 2 aliphatic rings. The smallest absolute Gasteiger partial charge is 0.255 e. The van der Waals surface area contributed by atoms with Crippen LogP contribution >= 0.6 is 0 Å². The van der Waals surface area contributed by atoms with Crippen LogP contribution in [0.4, 0.5) is 0 Å². The molecule has 1 heterocycles. The van der Waals surface area contributed by atoms with E-state index in [1.165, 1.54) is 19.3 Å². The van der Waals surface area contributed by atoms with E-state index in [0.717, 1.165) is 24.0 Å². The lowest BCUT2D eigenvalue weighted by molar-refractivity contribution is 0.0656. The Labute approximate surface area is 154 Å². The molecule has 1 aliphatic carbocycles. The van der Waals surface area contributed by atoms with E-state index in [-0.39, 0.29) is 11.8 Å². The second-order valence-corrected chi connectivity index (χ2v) is 7.23. The van der Waals surface area contributed by atoms with Crippen molar-refractivity contribution in [2.75, 3.05) is 0 Å². The maximum Gasteiger partial charge on any atom is 0.255 e. The summed E-state index contributed by atoms with van der Waals surface area (Å²) in [6, 6.07) is 15.8. The fraction of sp³-hybridized carbons (Fsp3) is 0.364. The minimum absolute atomic E-state index is 0.0253. The van der Waals surface area contributed by atoms with Crippen LogP contribution in [-0.2, 0) is 13.1 Å². The van der Waals surface area contributed by atoms with Gasteiger partial charge in [0.2, 0.25) is 0 Å². The molecule has 0 bridgehead atoms. The lowest BCUT2D eigenvalue weighted by atomic mass is 9.94. The Morgan fingerprint density at radius 1 is 1.00 bits per heavy atom. The minimum Gasteiger partial charge on any atom is -0.348 e. The summed E-state index contributed by atoms with van der Waals surface area (Å²) in [7, 11) is 0. The zero-order valence-corrected chi connectivity index (χ0v) is 14.9. The van der Waals surface area contributed by atoms with Crippen molar-refractivity contribution in [2.45, 2.75) is 51.2 Å². The van der Waals surface area contributed by atoms with Gasteiger partial charge in [-0.3, -0.25) is 9.59 Å². The van der Waals surface area contributed by atoms with E-state index in [1.807, 2.05) is 47.4 Å². The van der Waals surface area contributed by atoms with Crippen LogP contribution in [0.3, 0.4) is 0 Å². The molecule has 4 heteroatoms. The van der Waals surface area contributed by atoms with Gasteiger partial charge >= 0.3 is 0 Å². The molecule has 1 N–H and O–H groups in total. The van der Waals surface area contributed by atoms with Gasteiger partial charge in [0.1, 0.15) is 0 Å². The van der Waals surface area contributed by atoms with Crippen LogP contribution in [0, 0.1) is 0 Å². The van der Waals surface area contributed by atoms with Crippen molar-refractivity contribution in [3.8, 4) is 0 Å². The van der Waals surface area contributed by atoms with Crippen LogP contribution in [-0.4, -0.2) is 22.8 Å². The number of rotatable bonds is 4. The lowest BCUT2D eigenvalue weighted by Crippen LogP contribution is -2.37. The number of nitrogens with zero attached hydrogens (tertiary/aromatic N) is 1. The zero-order chi connectivity index (χ0) is 17.9. The van der Waals surface area contributed by atoms with Gasteiger partial charge in [-0.15, -0.1) is 0 Å². The number of carbonyl (C=O) groups is 2. The van der Waals surface area contributed by atoms with Crippen molar-refractivity contribution < 1.29 is 9.59 Å². The van der Waals surface area contributed by atoms with E-state index in [1.54, 1.807) is 6.07 Å². The standard InChI is InChI=1S/C22H24N2O2/c25-21(23-14-16-8-3-1-4-9-16)19-13-7-10-17-15-24(22(26)20(17)19)18-11-5-2-6-12-18/h1,3-4,7-10,13,18H,2,5-6,11-12,14-15H2,(H,23,25). The van der Waals surface area contributed by atoms with Gasteiger partial charge in [-0.2, -0.15) is 0 Å². The van der Waals surface area contributed by atoms with Gasteiger partial charge in [0, 0.05) is 19.1 Å². The van der Waals surface area contributed by atoms with Crippen LogP contribution in [0.1, 0.15) is 63.9 Å². The van der Waals surface area contributed by atoms with Gasteiger partial charge in [-0.1, -0.05) is 61.7 Å². The van der Waals surface area contributed by atoms with E-state index in [0.29, 0.717) is 30.3 Å². The molecule has 0 atom stereocenters. The molecule has 0 unspecified atom stereocenters. The van der Waals surface area contributed by atoms with E-state index in [4.69, 9.17) is 0 Å². The zero-order valence-electron chi connectivity index (χ0n) is 14.9. The highest BCUT2D eigenvalue weighted by molar-refractivity contribution is 6.09. The van der Waals surface area contributed by atoms with Crippen LogP contribution in [0.2, 0.25) is 0 Å². The molecule has 4 nitrogen and oxygen atoms in total. The highest BCUT2D eigenvalue weighted by atomic mass is 16.2. The van der Waals surface area contributed by atoms with Crippen LogP contribution in [0.15, 0.2) is 48.5 Å². The van der Waals surface area contributed by atoms with Crippen molar-refractivity contribution in [3.05, 3.63) is 70.8 Å². The summed E-state index contributed by atoms with van der Waals surface area (Å²) in [5.41, 5.74) is 3.13. The van der Waals surface area contributed by atoms with Gasteiger partial charge < -0.3 is 10.2 Å². The van der Waals surface area contributed by atoms with E-state index in [2.05, 4.69) is 5.32 Å². The largest absolute Gasteiger partial charge is 0.348 e. The third kappa shape index (κ3) is 3.24. The molecule has 2 amide bonds. The first-order chi connectivity index (χ1) is 12.7. The molecule has 134 valence electrons. The monoisotopic (exact) mass is 348 g/mol. The van der Waals surface area contributed by atoms with Gasteiger partial charge in [0.25, 0.3) is 11.8 Å². The van der Waals surface area contributed by atoms with E-state index >= 15 is 0 Å². The van der Waals surface area contributed by atoms with E-state index < -0.39 is 0 Å². The summed E-state index contributed by atoms with van der Waals surface area (Å²) in [5.74, 6) is -0.151. The predicted octanol–water partition coefficient (Wildman–Crippen LogP) is 3.91. The Morgan fingerprint density at radius 2 is 1.77 bits per heavy atom. The molecule has 1 saturated carbocycles. The fourth-order valence-electron chi connectivity index (χ4n) is 4.13. The molecule has 0 spiro atoms. The highest BCUT2D eigenvalue weighted by Crippen LogP contribution is 2.32. The molecule has 2 aromatic rings. The maximum absolute atomic E-state index is 13.0. The Balaban J connectivity index is 1.52. The average molecular weight is 348 g/mol. The molecule has 4 rings (SSSR count). The number of benzene rings is 2. The fourth-order valence-corrected chi connectivity index (χ4v) is 4.13. The van der Waals surface area contributed by atoms with Gasteiger partial charge in [0.15, 0.2) is 0 Å². The van der Waals surface area contributed by atoms with Crippen molar-refractivity contribution in [3.63, 3.8) is 0 Å². The SMILES string of the molecule is O=C(NCc1ccccc1)c1cccc2c1C(=O)N(C1CCCCC1)C2. The van der Waals surface area contributed by atoms with Crippen molar-refractivity contribution in [1.82, 2.24) is 10.2 Å². The normalized spacial score (nSPS) is 17.2. The van der Waals surface area contributed by atoms with Crippen LogP contribution < -0.4 is 5.32 Å². The van der Waals surface area contributed by atoms with Gasteiger partial charge in [-0.25, -0.2) is 0 Å². The Kier molecular flexibility index (Phi) is 4.74. The first kappa shape index (κ1) is 16.8. The minimum atomic E-state index is -0.176. The number of fused-ring (bicyclic) bond motifs is 1. The quantitative estimate of drug-likeness (QED) is 0.911. The molecule has 2 aromatic carbocycles. The summed E-state index contributed by atoms with van der Waals surface area (Å²) in [6.07, 6.45) is 5.80. The molecule has 1 fully saturated rings. The summed E-state index contributed by atoms with van der Waals surface area (Å²) in [5, 5.41) is 2.95. The molecule has 26 heavy (non-hydrogen) atoms. The first-order valence-electron chi connectivity index (χ1n) is 9.49. The topological polar surface area (TPSA) is 49.4 Å². The van der Waals surface area contributed by atoms with Crippen molar-refractivity contribution >= 4 is 11.8 Å². The lowest BCUT2D eigenvalue weighted by Gasteiger charge is -2.30. The molecule has 1 aliphatic heterocycles. The molecule has 0 radical (unpaired) electrons. The number of amides is 2. The number of carbonyl (C=O) groups excluding carboxylic acids is 2. The molecule has 0 aromatic heterocycles. The number of hydrogen-bond acceptors (Lipinski definition) is 2. The van der Waals surface area contributed by atoms with Crippen molar-refractivity contribution in [2.24, 2.45) is 0 Å². The Bertz CT molecular complexity index is 810. The maximum atomic E-state index is 13.0. The summed E-state index contributed by atoms with van der Waals surface area (Å²) < 4.78 is 0. The van der Waals surface area contributed by atoms with Gasteiger partial charge in [-0.05, 0) is 30.0 Å². The highest BCUT2D eigenvalue weighted by Gasteiger charge is 2.35. The van der Waals surface area contributed by atoms with Crippen LogP contribution in [0.25, 0.3) is 0 Å². The van der Waals surface area contributed by atoms with Crippen LogP contribution in [0.5, 0.6) is 0 Å². The van der Waals surface area contributed by atoms with Crippen molar-refractivity contribution in [1.29, 1.82) is 0 Å². The third-order valence-corrected chi connectivity index (χ3v) is 5.52. The van der Waals surface area contributed by atoms with Gasteiger partial charge in [0.05, 0.1) is 11.1 Å². The predicted molar refractivity (Wildman–Crippen MR) is 101 cm³/mol. The summed E-state index contributed by atoms with van der Waals surface area (Å²) in [4.78, 5) is 27.7. The number of nitrogens with one attached hydrogen (secondary N) is 1. The molecular weight excluding hydrogens is 324 g/mol. The third-order valence-electron chi connectivity index (χ3n) is 5.52. The number of hydrogen-bond donors (Lipinski definition) is 1. The summed E-state index contributed by atoms with van der Waals surface area (Å²) >= 11 is 0. The Hall–Kier alpha value is -2.62. The average Bonchev–Trinajstić information content (AvgIpc) is 3.04. The second-order valence-electron chi connectivity index (χ2n) is 7.23.